The predicted molar refractivity (Wildman–Crippen MR) is 88.3 cm³/mol. The number of thiophene rings is 1. The lowest BCUT2D eigenvalue weighted by atomic mass is 10.2. The Morgan fingerprint density at radius 2 is 2.33 bits per heavy atom. The second kappa shape index (κ2) is 5.50. The van der Waals surface area contributed by atoms with Gasteiger partial charge in [0.05, 0.1) is 12.2 Å². The van der Waals surface area contributed by atoms with Crippen molar-refractivity contribution in [2.24, 2.45) is 7.05 Å². The van der Waals surface area contributed by atoms with Crippen LogP contribution in [0.15, 0.2) is 35.1 Å². The third kappa shape index (κ3) is 2.66. The molecule has 0 unspecified atom stereocenters. The SMILES string of the molecule is Cn1ccnc1CNC(=O)c1sc2cc(Br)ccc2c1N. The monoisotopic (exact) mass is 364 g/mol. The maximum atomic E-state index is 12.3. The van der Waals surface area contributed by atoms with Crippen molar-refractivity contribution in [2.45, 2.75) is 6.54 Å². The lowest BCUT2D eigenvalue weighted by molar-refractivity contribution is 0.0954. The van der Waals surface area contributed by atoms with Gasteiger partial charge in [-0.3, -0.25) is 4.79 Å². The Kier molecular flexibility index (Phi) is 3.69. The Bertz CT molecular complexity index is 824. The number of benzene rings is 1. The van der Waals surface area contributed by atoms with Gasteiger partial charge in [0.15, 0.2) is 0 Å². The standard InChI is InChI=1S/C14H13BrN4OS/c1-19-5-4-17-11(19)7-18-14(20)13-12(16)9-3-2-8(15)6-10(9)21-13/h2-6H,7,16H2,1H3,(H,18,20). The number of nitrogens with zero attached hydrogens (tertiary/aromatic N) is 2. The van der Waals surface area contributed by atoms with Crippen LogP contribution in [0, 0.1) is 0 Å². The number of hydrogen-bond acceptors (Lipinski definition) is 4. The molecule has 3 aromatic rings. The Hall–Kier alpha value is -1.86. The molecule has 5 nitrogen and oxygen atoms in total. The van der Waals surface area contributed by atoms with Crippen LogP contribution in [-0.4, -0.2) is 15.5 Å². The van der Waals surface area contributed by atoms with Crippen LogP contribution in [0.1, 0.15) is 15.5 Å². The van der Waals surface area contributed by atoms with Crippen molar-refractivity contribution in [3.8, 4) is 0 Å². The molecule has 0 aliphatic heterocycles. The number of aryl methyl sites for hydroxylation is 1. The van der Waals surface area contributed by atoms with E-state index < -0.39 is 0 Å². The van der Waals surface area contributed by atoms with Gasteiger partial charge in [-0.25, -0.2) is 4.98 Å². The lowest BCUT2D eigenvalue weighted by Gasteiger charge is -2.04. The molecule has 3 N–H and O–H groups in total. The van der Waals surface area contributed by atoms with Crippen molar-refractivity contribution in [3.63, 3.8) is 0 Å². The van der Waals surface area contributed by atoms with E-state index in [2.05, 4.69) is 26.2 Å². The van der Waals surface area contributed by atoms with E-state index >= 15 is 0 Å². The normalized spacial score (nSPS) is 11.0. The zero-order valence-electron chi connectivity index (χ0n) is 11.3. The fourth-order valence-corrected chi connectivity index (χ4v) is 3.66. The topological polar surface area (TPSA) is 72.9 Å². The summed E-state index contributed by atoms with van der Waals surface area (Å²) >= 11 is 4.82. The van der Waals surface area contributed by atoms with Crippen LogP contribution in [0.25, 0.3) is 10.1 Å². The van der Waals surface area contributed by atoms with Crippen LogP contribution in [0.2, 0.25) is 0 Å². The van der Waals surface area contributed by atoms with Gasteiger partial charge in [0, 0.05) is 34.0 Å². The highest BCUT2D eigenvalue weighted by Gasteiger charge is 2.16. The van der Waals surface area contributed by atoms with Crippen molar-refractivity contribution in [1.82, 2.24) is 14.9 Å². The van der Waals surface area contributed by atoms with E-state index in [1.54, 1.807) is 6.20 Å². The van der Waals surface area contributed by atoms with Crippen LogP contribution in [0.5, 0.6) is 0 Å². The van der Waals surface area contributed by atoms with E-state index in [9.17, 15) is 4.79 Å². The number of rotatable bonds is 3. The number of nitrogen functional groups attached to an aromatic ring is 1. The highest BCUT2D eigenvalue weighted by Crippen LogP contribution is 2.35. The molecule has 0 fully saturated rings. The molecule has 0 spiro atoms. The molecule has 3 rings (SSSR count). The number of carbonyl (C=O) groups excluding carboxylic acids is 1. The smallest absolute Gasteiger partial charge is 0.263 e. The van der Waals surface area contributed by atoms with Crippen molar-refractivity contribution in [3.05, 3.63) is 45.8 Å². The number of nitrogens with two attached hydrogens (primary N) is 1. The summed E-state index contributed by atoms with van der Waals surface area (Å²) in [5.41, 5.74) is 6.61. The number of hydrogen-bond donors (Lipinski definition) is 2. The number of fused-ring (bicyclic) bond motifs is 1. The maximum absolute atomic E-state index is 12.3. The molecular weight excluding hydrogens is 352 g/mol. The number of halogens is 1. The van der Waals surface area contributed by atoms with Crippen LogP contribution < -0.4 is 11.1 Å². The molecule has 0 aliphatic rings. The molecule has 21 heavy (non-hydrogen) atoms. The van der Waals surface area contributed by atoms with E-state index in [-0.39, 0.29) is 5.91 Å². The van der Waals surface area contributed by atoms with Gasteiger partial charge in [-0.15, -0.1) is 11.3 Å². The van der Waals surface area contributed by atoms with E-state index in [4.69, 9.17) is 5.73 Å². The molecule has 108 valence electrons. The van der Waals surface area contributed by atoms with Crippen molar-refractivity contribution in [2.75, 3.05) is 5.73 Å². The first-order valence-electron chi connectivity index (χ1n) is 6.28. The van der Waals surface area contributed by atoms with Crippen molar-refractivity contribution < 1.29 is 4.79 Å². The highest BCUT2D eigenvalue weighted by molar-refractivity contribution is 9.10. The van der Waals surface area contributed by atoms with Gasteiger partial charge in [0.2, 0.25) is 0 Å². The molecule has 7 heteroatoms. The van der Waals surface area contributed by atoms with Gasteiger partial charge in [-0.1, -0.05) is 22.0 Å². The third-order valence-electron chi connectivity index (χ3n) is 3.22. The average Bonchev–Trinajstić information content (AvgIpc) is 3.00. The zero-order valence-corrected chi connectivity index (χ0v) is 13.7. The van der Waals surface area contributed by atoms with E-state index in [1.807, 2.05) is 36.0 Å². The Balaban J connectivity index is 1.84. The second-order valence-corrected chi connectivity index (χ2v) is 6.59. The summed E-state index contributed by atoms with van der Waals surface area (Å²) in [6, 6.07) is 5.80. The molecular formula is C14H13BrN4OS. The van der Waals surface area contributed by atoms with Crippen LogP contribution in [0.4, 0.5) is 5.69 Å². The van der Waals surface area contributed by atoms with Gasteiger partial charge in [-0.05, 0) is 12.1 Å². The van der Waals surface area contributed by atoms with Gasteiger partial charge >= 0.3 is 0 Å². The van der Waals surface area contributed by atoms with Crippen molar-refractivity contribution in [1.29, 1.82) is 0 Å². The number of amides is 1. The van der Waals surface area contributed by atoms with Gasteiger partial charge in [-0.2, -0.15) is 0 Å². The molecule has 0 bridgehead atoms. The number of aromatic nitrogens is 2. The molecule has 2 aromatic heterocycles. The summed E-state index contributed by atoms with van der Waals surface area (Å²) in [7, 11) is 1.89. The van der Waals surface area contributed by atoms with Gasteiger partial charge in [0.25, 0.3) is 5.91 Å². The Morgan fingerprint density at radius 1 is 1.52 bits per heavy atom. The quantitative estimate of drug-likeness (QED) is 0.750. The van der Waals surface area contributed by atoms with Crippen LogP contribution in [-0.2, 0) is 13.6 Å². The molecule has 2 heterocycles. The van der Waals surface area contributed by atoms with E-state index in [0.29, 0.717) is 17.1 Å². The van der Waals surface area contributed by atoms with E-state index in [0.717, 1.165) is 20.4 Å². The van der Waals surface area contributed by atoms with Crippen molar-refractivity contribution >= 4 is 48.9 Å². The molecule has 1 amide bonds. The molecule has 0 saturated heterocycles. The minimum absolute atomic E-state index is 0.173. The fourth-order valence-electron chi connectivity index (χ4n) is 2.07. The summed E-state index contributed by atoms with van der Waals surface area (Å²) in [5, 5.41) is 3.76. The summed E-state index contributed by atoms with van der Waals surface area (Å²) in [5.74, 6) is 0.624. The fraction of sp³-hybridized carbons (Fsp3) is 0.143. The molecule has 0 saturated carbocycles. The predicted octanol–water partition coefficient (Wildman–Crippen LogP) is 2.91. The van der Waals surface area contributed by atoms with Gasteiger partial charge in [0.1, 0.15) is 10.7 Å². The molecule has 0 aliphatic carbocycles. The summed E-state index contributed by atoms with van der Waals surface area (Å²) < 4.78 is 3.83. The van der Waals surface area contributed by atoms with Gasteiger partial charge < -0.3 is 15.6 Å². The summed E-state index contributed by atoms with van der Waals surface area (Å²) in [6.07, 6.45) is 3.54. The zero-order chi connectivity index (χ0) is 15.0. The third-order valence-corrected chi connectivity index (χ3v) is 4.89. The lowest BCUT2D eigenvalue weighted by Crippen LogP contribution is -2.24. The molecule has 0 atom stereocenters. The second-order valence-electron chi connectivity index (χ2n) is 4.62. The molecule has 1 aromatic carbocycles. The highest BCUT2D eigenvalue weighted by atomic mass is 79.9. The van der Waals surface area contributed by atoms with E-state index in [1.165, 1.54) is 11.3 Å². The number of anilines is 1. The first-order valence-corrected chi connectivity index (χ1v) is 7.89. The first-order chi connectivity index (χ1) is 10.1. The largest absolute Gasteiger partial charge is 0.397 e. The minimum atomic E-state index is -0.173. The first kappa shape index (κ1) is 14.1. The number of imidazole rings is 1. The maximum Gasteiger partial charge on any atom is 0.263 e. The minimum Gasteiger partial charge on any atom is -0.397 e. The number of nitrogens with one attached hydrogen (secondary N) is 1. The Labute approximate surface area is 133 Å². The van der Waals surface area contributed by atoms with Crippen LogP contribution >= 0.6 is 27.3 Å². The van der Waals surface area contributed by atoms with Crippen LogP contribution in [0.3, 0.4) is 0 Å². The molecule has 0 radical (unpaired) electrons. The average molecular weight is 365 g/mol. The summed E-state index contributed by atoms with van der Waals surface area (Å²) in [4.78, 5) is 17.0. The Morgan fingerprint density at radius 3 is 3.05 bits per heavy atom. The number of carbonyl (C=O) groups is 1. The summed E-state index contributed by atoms with van der Waals surface area (Å²) in [6.45, 7) is 0.375.